The Bertz CT molecular complexity index is 776. The van der Waals surface area contributed by atoms with Gasteiger partial charge >= 0.3 is 0 Å². The molecule has 2 heterocycles. The van der Waals surface area contributed by atoms with E-state index < -0.39 is 0 Å². The van der Waals surface area contributed by atoms with Crippen LogP contribution in [0.4, 0.5) is 5.82 Å². The molecule has 0 atom stereocenters. The fourth-order valence-corrected chi connectivity index (χ4v) is 3.48. The Kier molecular flexibility index (Phi) is 6.48. The van der Waals surface area contributed by atoms with Crippen LogP contribution >= 0.6 is 23.2 Å². The third-order valence-electron chi connectivity index (χ3n) is 4.39. The number of nitrogens with one attached hydrogen (secondary N) is 1. The predicted molar refractivity (Wildman–Crippen MR) is 106 cm³/mol. The van der Waals surface area contributed by atoms with E-state index in [1.165, 1.54) is 17.3 Å². The molecule has 7 heteroatoms. The highest BCUT2D eigenvalue weighted by Crippen LogP contribution is 2.22. The van der Waals surface area contributed by atoms with Gasteiger partial charge in [-0.2, -0.15) is 0 Å². The van der Waals surface area contributed by atoms with E-state index in [4.69, 9.17) is 23.2 Å². The Labute approximate surface area is 163 Å². The van der Waals surface area contributed by atoms with Gasteiger partial charge in [0.1, 0.15) is 0 Å². The summed E-state index contributed by atoms with van der Waals surface area (Å²) in [6.45, 7) is 7.01. The molecule has 2 aromatic rings. The minimum absolute atomic E-state index is 0.117. The van der Waals surface area contributed by atoms with Crippen molar-refractivity contribution in [2.45, 2.75) is 13.5 Å². The molecule has 1 aliphatic heterocycles. The summed E-state index contributed by atoms with van der Waals surface area (Å²) < 4.78 is 0. The lowest BCUT2D eigenvalue weighted by Gasteiger charge is -2.34. The van der Waals surface area contributed by atoms with Gasteiger partial charge in [0.05, 0.1) is 16.6 Å². The van der Waals surface area contributed by atoms with Crippen LogP contribution in [0.2, 0.25) is 10.0 Å². The Morgan fingerprint density at radius 1 is 1.15 bits per heavy atom. The molecule has 0 bridgehead atoms. The third-order valence-corrected chi connectivity index (χ3v) is 4.88. The van der Waals surface area contributed by atoms with Crippen molar-refractivity contribution in [3.05, 3.63) is 57.7 Å². The maximum atomic E-state index is 12.2. The Hall–Kier alpha value is -1.66. The summed E-state index contributed by atoms with van der Waals surface area (Å²) in [4.78, 5) is 20.8. The number of carbonyl (C=O) groups excluding carboxylic acids is 1. The number of amides is 1. The number of pyridine rings is 1. The predicted octanol–water partition coefficient (Wildman–Crippen LogP) is 3.45. The Balaban J connectivity index is 1.45. The van der Waals surface area contributed by atoms with Crippen molar-refractivity contribution in [3.63, 3.8) is 0 Å². The molecular weight excluding hydrogens is 371 g/mol. The summed E-state index contributed by atoms with van der Waals surface area (Å²) in [5.74, 6) is 0.230. The molecule has 1 aliphatic rings. The zero-order chi connectivity index (χ0) is 18.5. The summed E-state index contributed by atoms with van der Waals surface area (Å²) in [6.07, 6.45) is 1.47. The van der Waals surface area contributed by atoms with Crippen LogP contribution in [-0.4, -0.2) is 53.4 Å². The molecule has 1 amide bonds. The second kappa shape index (κ2) is 8.82. The van der Waals surface area contributed by atoms with E-state index in [9.17, 15) is 4.79 Å². The number of hydrogen-bond donors (Lipinski definition) is 1. The molecule has 0 unspecified atom stereocenters. The van der Waals surface area contributed by atoms with Crippen molar-refractivity contribution in [2.24, 2.45) is 0 Å². The number of nitrogens with zero attached hydrogens (tertiary/aromatic N) is 3. The highest BCUT2D eigenvalue weighted by molar-refractivity contribution is 6.36. The minimum atomic E-state index is -0.117. The average Bonchev–Trinajstić information content (AvgIpc) is 2.59. The lowest BCUT2D eigenvalue weighted by atomic mass is 10.1. The Morgan fingerprint density at radius 2 is 1.88 bits per heavy atom. The van der Waals surface area contributed by atoms with E-state index >= 15 is 0 Å². The largest absolute Gasteiger partial charge is 0.308 e. The first-order valence-electron chi connectivity index (χ1n) is 8.61. The Morgan fingerprint density at radius 3 is 2.58 bits per heavy atom. The fraction of sp³-hybridized carbons (Fsp3) is 0.368. The van der Waals surface area contributed by atoms with E-state index in [0.29, 0.717) is 22.4 Å². The van der Waals surface area contributed by atoms with E-state index in [2.05, 4.69) is 51.3 Å². The molecule has 0 spiro atoms. The van der Waals surface area contributed by atoms with Crippen LogP contribution in [0.15, 0.2) is 36.5 Å². The van der Waals surface area contributed by atoms with E-state index in [1.807, 2.05) is 0 Å². The van der Waals surface area contributed by atoms with Gasteiger partial charge in [-0.05, 0) is 18.6 Å². The quantitative estimate of drug-likeness (QED) is 0.846. The van der Waals surface area contributed by atoms with Crippen LogP contribution < -0.4 is 5.32 Å². The highest BCUT2D eigenvalue weighted by atomic mass is 35.5. The lowest BCUT2D eigenvalue weighted by Crippen LogP contribution is -2.48. The molecule has 1 aromatic carbocycles. The van der Waals surface area contributed by atoms with Gasteiger partial charge in [0.2, 0.25) is 5.91 Å². The molecule has 5 nitrogen and oxygen atoms in total. The van der Waals surface area contributed by atoms with Gasteiger partial charge in [0.15, 0.2) is 5.82 Å². The molecule has 26 heavy (non-hydrogen) atoms. The first-order chi connectivity index (χ1) is 12.5. The highest BCUT2D eigenvalue weighted by Gasteiger charge is 2.19. The number of halogens is 2. The van der Waals surface area contributed by atoms with Crippen LogP contribution in [0.25, 0.3) is 0 Å². The van der Waals surface area contributed by atoms with Crippen molar-refractivity contribution >= 4 is 34.9 Å². The summed E-state index contributed by atoms with van der Waals surface area (Å²) in [6, 6.07) is 10.2. The van der Waals surface area contributed by atoms with Gasteiger partial charge in [-0.1, -0.05) is 53.0 Å². The van der Waals surface area contributed by atoms with Crippen molar-refractivity contribution in [2.75, 3.05) is 38.0 Å². The van der Waals surface area contributed by atoms with Crippen LogP contribution in [-0.2, 0) is 11.3 Å². The molecule has 3 rings (SSSR count). The number of rotatable bonds is 5. The van der Waals surface area contributed by atoms with E-state index in [1.54, 1.807) is 6.07 Å². The van der Waals surface area contributed by atoms with Crippen molar-refractivity contribution in [3.8, 4) is 0 Å². The lowest BCUT2D eigenvalue weighted by molar-refractivity contribution is -0.117. The number of aromatic nitrogens is 1. The van der Waals surface area contributed by atoms with Gasteiger partial charge < -0.3 is 5.32 Å². The van der Waals surface area contributed by atoms with Crippen molar-refractivity contribution in [1.29, 1.82) is 0 Å². The molecular formula is C19H22Cl2N4O. The van der Waals surface area contributed by atoms with E-state index in [0.717, 1.165) is 32.7 Å². The second-order valence-electron chi connectivity index (χ2n) is 6.57. The summed E-state index contributed by atoms with van der Waals surface area (Å²) in [7, 11) is 0. The first-order valence-corrected chi connectivity index (χ1v) is 9.36. The van der Waals surface area contributed by atoms with Crippen LogP contribution in [0, 0.1) is 6.92 Å². The maximum Gasteiger partial charge on any atom is 0.239 e. The molecule has 1 saturated heterocycles. The number of carbonyl (C=O) groups is 1. The van der Waals surface area contributed by atoms with Crippen LogP contribution in [0.5, 0.6) is 0 Å². The zero-order valence-electron chi connectivity index (χ0n) is 14.7. The number of aryl methyl sites for hydroxylation is 1. The monoisotopic (exact) mass is 392 g/mol. The summed E-state index contributed by atoms with van der Waals surface area (Å²) >= 11 is 11.9. The van der Waals surface area contributed by atoms with Crippen molar-refractivity contribution < 1.29 is 4.79 Å². The molecule has 1 aromatic heterocycles. The zero-order valence-corrected chi connectivity index (χ0v) is 16.2. The smallest absolute Gasteiger partial charge is 0.239 e. The third kappa shape index (κ3) is 5.42. The molecule has 138 valence electrons. The molecule has 1 fully saturated rings. The molecule has 0 saturated carbocycles. The van der Waals surface area contributed by atoms with E-state index in [-0.39, 0.29) is 5.91 Å². The number of hydrogen-bond acceptors (Lipinski definition) is 4. The maximum absolute atomic E-state index is 12.2. The normalized spacial score (nSPS) is 15.8. The van der Waals surface area contributed by atoms with Gasteiger partial charge in [0.25, 0.3) is 0 Å². The molecule has 0 radical (unpaired) electrons. The summed E-state index contributed by atoms with van der Waals surface area (Å²) in [5, 5.41) is 3.53. The number of anilines is 1. The topological polar surface area (TPSA) is 48.5 Å². The molecule has 1 N–H and O–H groups in total. The van der Waals surface area contributed by atoms with Gasteiger partial charge in [-0.3, -0.25) is 14.6 Å². The van der Waals surface area contributed by atoms with Crippen LogP contribution in [0.3, 0.4) is 0 Å². The standard InChI is InChI=1S/C19H22Cl2N4O/c1-14-3-2-4-15(9-14)12-24-5-7-25(8-6-24)13-18(26)23-19-17(21)10-16(20)11-22-19/h2-4,9-11H,5-8,12-13H2,1H3,(H,22,23,26). The minimum Gasteiger partial charge on any atom is -0.308 e. The van der Waals surface area contributed by atoms with Gasteiger partial charge in [0, 0.05) is 38.9 Å². The van der Waals surface area contributed by atoms with Crippen molar-refractivity contribution in [1.82, 2.24) is 14.8 Å². The van der Waals surface area contributed by atoms with Crippen LogP contribution in [0.1, 0.15) is 11.1 Å². The second-order valence-corrected chi connectivity index (χ2v) is 7.42. The van der Waals surface area contributed by atoms with Gasteiger partial charge in [-0.15, -0.1) is 0 Å². The fourth-order valence-electron chi connectivity index (χ4n) is 3.06. The number of benzene rings is 1. The van der Waals surface area contributed by atoms with Gasteiger partial charge in [-0.25, -0.2) is 4.98 Å². The first kappa shape index (κ1) is 19.1. The SMILES string of the molecule is Cc1cccc(CN2CCN(CC(=O)Nc3ncc(Cl)cc3Cl)CC2)c1. The molecule has 0 aliphatic carbocycles. The number of piperazine rings is 1. The average molecular weight is 393 g/mol. The summed E-state index contributed by atoms with van der Waals surface area (Å²) in [5.41, 5.74) is 2.62.